The molecule has 0 unspecified atom stereocenters. The van der Waals surface area contributed by atoms with Gasteiger partial charge in [0.2, 0.25) is 0 Å². The molecule has 0 radical (unpaired) electrons. The molecule has 0 spiro atoms. The fraction of sp³-hybridized carbons (Fsp3) is 0.100. The van der Waals surface area contributed by atoms with Crippen LogP contribution < -0.4 is 5.32 Å². The van der Waals surface area contributed by atoms with Gasteiger partial charge in [-0.2, -0.15) is 0 Å². The highest BCUT2D eigenvalue weighted by molar-refractivity contribution is 6.29. The second-order valence-electron chi connectivity index (χ2n) is 2.97. The van der Waals surface area contributed by atoms with Gasteiger partial charge in [-0.15, -0.1) is 0 Å². The Morgan fingerprint density at radius 2 is 2.13 bits per heavy atom. The van der Waals surface area contributed by atoms with Gasteiger partial charge in [0, 0.05) is 17.4 Å². The zero-order chi connectivity index (χ0) is 10.7. The number of nitrogens with one attached hydrogen (secondary N) is 1. The minimum absolute atomic E-state index is 0.486. The summed E-state index contributed by atoms with van der Waals surface area (Å²) in [5, 5.41) is 3.56. The molecule has 0 atom stereocenters. The van der Waals surface area contributed by atoms with E-state index in [0.29, 0.717) is 23.0 Å². The van der Waals surface area contributed by atoms with Gasteiger partial charge in [-0.25, -0.2) is 9.97 Å². The predicted octanol–water partition coefficient (Wildman–Crippen LogP) is 2.19. The molecule has 0 bridgehead atoms. The highest BCUT2D eigenvalue weighted by atomic mass is 35.5. The normalized spacial score (nSPS) is 10.2. The van der Waals surface area contributed by atoms with Crippen LogP contribution in [0.25, 0.3) is 11.2 Å². The third-order valence-electron chi connectivity index (χ3n) is 1.79. The van der Waals surface area contributed by atoms with Crippen LogP contribution in [0.3, 0.4) is 0 Å². The summed E-state index contributed by atoms with van der Waals surface area (Å²) in [6, 6.07) is 3.69. The summed E-state index contributed by atoms with van der Waals surface area (Å²) in [6.07, 6.45) is 3.25. The Bertz CT molecular complexity index is 498. The van der Waals surface area contributed by atoms with Gasteiger partial charge < -0.3 is 5.32 Å². The van der Waals surface area contributed by atoms with Crippen LogP contribution >= 0.6 is 11.6 Å². The fourth-order valence-corrected chi connectivity index (χ4v) is 1.21. The molecule has 0 aliphatic carbocycles. The van der Waals surface area contributed by atoms with Gasteiger partial charge in [-0.3, -0.25) is 4.98 Å². The van der Waals surface area contributed by atoms with E-state index in [1.807, 2.05) is 12.1 Å². The number of anilines is 1. The molecule has 76 valence electrons. The molecule has 0 aromatic carbocycles. The van der Waals surface area contributed by atoms with Crippen LogP contribution in [0.4, 0.5) is 5.82 Å². The van der Waals surface area contributed by atoms with E-state index in [-0.39, 0.29) is 0 Å². The average Bonchev–Trinajstić information content (AvgIpc) is 2.26. The van der Waals surface area contributed by atoms with Gasteiger partial charge >= 0.3 is 0 Å². The summed E-state index contributed by atoms with van der Waals surface area (Å²) in [7, 11) is 0. The molecule has 15 heavy (non-hydrogen) atoms. The standard InChI is InChI=1S/C10H9ClN4/c1-7(11)6-14-9-3-2-8-10(15-9)13-5-4-12-8/h2-5H,1,6H2,(H,13,14,15). The minimum atomic E-state index is 0.486. The van der Waals surface area contributed by atoms with Crippen molar-refractivity contribution in [2.24, 2.45) is 0 Å². The van der Waals surface area contributed by atoms with Crippen LogP contribution in [0.15, 0.2) is 36.1 Å². The molecule has 2 aromatic rings. The van der Waals surface area contributed by atoms with Crippen molar-refractivity contribution in [1.82, 2.24) is 15.0 Å². The smallest absolute Gasteiger partial charge is 0.180 e. The van der Waals surface area contributed by atoms with Crippen LogP contribution in [0, 0.1) is 0 Å². The van der Waals surface area contributed by atoms with Crippen molar-refractivity contribution in [3.05, 3.63) is 36.1 Å². The Hall–Kier alpha value is -1.68. The summed E-state index contributed by atoms with van der Waals surface area (Å²) < 4.78 is 0. The number of nitrogens with zero attached hydrogens (tertiary/aromatic N) is 3. The Morgan fingerprint density at radius 3 is 2.93 bits per heavy atom. The van der Waals surface area contributed by atoms with Gasteiger partial charge in [0.15, 0.2) is 5.65 Å². The number of hydrogen-bond acceptors (Lipinski definition) is 4. The molecule has 5 heteroatoms. The first-order chi connectivity index (χ1) is 7.25. The molecule has 0 fully saturated rings. The maximum absolute atomic E-state index is 5.63. The molecule has 2 rings (SSSR count). The Kier molecular flexibility index (Phi) is 2.78. The molecule has 0 aliphatic rings. The summed E-state index contributed by atoms with van der Waals surface area (Å²) in [6.45, 7) is 4.07. The molecule has 2 heterocycles. The minimum Gasteiger partial charge on any atom is -0.365 e. The van der Waals surface area contributed by atoms with Crippen molar-refractivity contribution in [3.63, 3.8) is 0 Å². The molecular weight excluding hydrogens is 212 g/mol. The summed E-state index contributed by atoms with van der Waals surface area (Å²) in [4.78, 5) is 12.5. The van der Waals surface area contributed by atoms with Crippen LogP contribution in [0.2, 0.25) is 0 Å². The molecule has 2 aromatic heterocycles. The largest absolute Gasteiger partial charge is 0.365 e. The van der Waals surface area contributed by atoms with Gasteiger partial charge in [-0.05, 0) is 12.1 Å². The first-order valence-electron chi connectivity index (χ1n) is 4.40. The van der Waals surface area contributed by atoms with Gasteiger partial charge in [-0.1, -0.05) is 18.2 Å². The van der Waals surface area contributed by atoms with E-state index in [0.717, 1.165) is 5.52 Å². The second kappa shape index (κ2) is 4.23. The van der Waals surface area contributed by atoms with E-state index in [4.69, 9.17) is 11.6 Å². The van der Waals surface area contributed by atoms with E-state index in [1.54, 1.807) is 12.4 Å². The Balaban J connectivity index is 2.26. The fourth-order valence-electron chi connectivity index (χ4n) is 1.14. The van der Waals surface area contributed by atoms with Crippen molar-refractivity contribution in [2.75, 3.05) is 11.9 Å². The molecule has 0 aliphatic heterocycles. The van der Waals surface area contributed by atoms with Crippen molar-refractivity contribution in [1.29, 1.82) is 0 Å². The highest BCUT2D eigenvalue weighted by Gasteiger charge is 1.98. The Labute approximate surface area is 92.0 Å². The topological polar surface area (TPSA) is 50.7 Å². The third kappa shape index (κ3) is 2.41. The number of aromatic nitrogens is 3. The molecule has 0 saturated heterocycles. The lowest BCUT2D eigenvalue weighted by Crippen LogP contribution is -2.03. The lowest BCUT2D eigenvalue weighted by atomic mass is 10.4. The third-order valence-corrected chi connectivity index (χ3v) is 1.93. The van der Waals surface area contributed by atoms with Crippen LogP contribution in [-0.2, 0) is 0 Å². The zero-order valence-corrected chi connectivity index (χ0v) is 8.70. The van der Waals surface area contributed by atoms with E-state index in [2.05, 4.69) is 26.8 Å². The SMILES string of the molecule is C=C(Cl)CNc1ccc2nccnc2n1. The van der Waals surface area contributed by atoms with Gasteiger partial charge in [0.05, 0.1) is 6.54 Å². The van der Waals surface area contributed by atoms with Crippen molar-refractivity contribution < 1.29 is 0 Å². The maximum Gasteiger partial charge on any atom is 0.180 e. The van der Waals surface area contributed by atoms with Gasteiger partial charge in [0.25, 0.3) is 0 Å². The lowest BCUT2D eigenvalue weighted by Gasteiger charge is -2.03. The van der Waals surface area contributed by atoms with Crippen molar-refractivity contribution in [2.45, 2.75) is 0 Å². The lowest BCUT2D eigenvalue weighted by molar-refractivity contribution is 1.19. The van der Waals surface area contributed by atoms with Crippen LogP contribution in [0.1, 0.15) is 0 Å². The number of fused-ring (bicyclic) bond motifs is 1. The average molecular weight is 221 g/mol. The molecular formula is C10H9ClN4. The first-order valence-corrected chi connectivity index (χ1v) is 4.78. The number of rotatable bonds is 3. The number of halogens is 1. The monoisotopic (exact) mass is 220 g/mol. The summed E-state index contributed by atoms with van der Waals surface area (Å²) >= 11 is 5.63. The van der Waals surface area contributed by atoms with Gasteiger partial charge in [0.1, 0.15) is 11.3 Å². The Morgan fingerprint density at radius 1 is 1.33 bits per heavy atom. The van der Waals surface area contributed by atoms with E-state index < -0.39 is 0 Å². The van der Waals surface area contributed by atoms with Crippen LogP contribution in [-0.4, -0.2) is 21.5 Å². The van der Waals surface area contributed by atoms with Crippen molar-refractivity contribution >= 4 is 28.6 Å². The summed E-state index contributed by atoms with van der Waals surface area (Å²) in [5.41, 5.74) is 1.38. The van der Waals surface area contributed by atoms with Crippen molar-refractivity contribution in [3.8, 4) is 0 Å². The molecule has 0 amide bonds. The van der Waals surface area contributed by atoms with Crippen LogP contribution in [0.5, 0.6) is 0 Å². The quantitative estimate of drug-likeness (QED) is 0.862. The number of pyridine rings is 1. The first kappa shape index (κ1) is 9.86. The molecule has 0 saturated carbocycles. The predicted molar refractivity (Wildman–Crippen MR) is 60.8 cm³/mol. The maximum atomic E-state index is 5.63. The van der Waals surface area contributed by atoms with E-state index in [1.165, 1.54) is 0 Å². The molecule has 1 N–H and O–H groups in total. The molecule has 4 nitrogen and oxygen atoms in total. The number of hydrogen-bond donors (Lipinski definition) is 1. The second-order valence-corrected chi connectivity index (χ2v) is 3.50. The summed E-state index contributed by atoms with van der Waals surface area (Å²) in [5.74, 6) is 0.713. The highest BCUT2D eigenvalue weighted by Crippen LogP contribution is 2.10. The van der Waals surface area contributed by atoms with E-state index in [9.17, 15) is 0 Å². The zero-order valence-electron chi connectivity index (χ0n) is 7.94. The van der Waals surface area contributed by atoms with E-state index >= 15 is 0 Å².